The van der Waals surface area contributed by atoms with Gasteiger partial charge in [-0.25, -0.2) is 0 Å². The minimum Gasteiger partial charge on any atom is -0.462 e. The maximum absolute atomic E-state index is 12.3. The average Bonchev–Trinajstić information content (AvgIpc) is 3.34. The number of aliphatic hydroxyl groups is 1. The highest BCUT2D eigenvalue weighted by Crippen LogP contribution is 2.09. The zero-order valence-corrected chi connectivity index (χ0v) is 42.5. The Morgan fingerprint density at radius 3 is 0.926 bits per heavy atom. The minimum absolute atomic E-state index is 0.131. The monoisotopic (exact) mass is 929 g/mol. The maximum Gasteiger partial charge on any atom is 0.306 e. The predicted octanol–water partition coefficient (Wildman–Crippen LogP) is 17.7. The van der Waals surface area contributed by atoms with Crippen LogP contribution in [0.25, 0.3) is 0 Å². The van der Waals surface area contributed by atoms with Crippen molar-refractivity contribution in [2.24, 2.45) is 0 Å². The van der Waals surface area contributed by atoms with Crippen LogP contribution in [0.3, 0.4) is 0 Å². The van der Waals surface area contributed by atoms with Crippen molar-refractivity contribution in [1.82, 2.24) is 0 Å². The molecule has 5 nitrogen and oxygen atoms in total. The van der Waals surface area contributed by atoms with Gasteiger partial charge in [0.25, 0.3) is 0 Å². The van der Waals surface area contributed by atoms with E-state index in [1.54, 1.807) is 0 Å². The van der Waals surface area contributed by atoms with Crippen LogP contribution in [-0.2, 0) is 19.1 Å². The second-order valence-electron chi connectivity index (χ2n) is 16.1. The van der Waals surface area contributed by atoms with Crippen LogP contribution < -0.4 is 0 Å². The molecule has 68 heavy (non-hydrogen) atoms. The van der Waals surface area contributed by atoms with E-state index in [-0.39, 0.29) is 31.6 Å². The number of aliphatic hydroxyl groups excluding tert-OH is 1. The van der Waals surface area contributed by atoms with E-state index >= 15 is 0 Å². The van der Waals surface area contributed by atoms with Gasteiger partial charge in [-0.2, -0.15) is 0 Å². The highest BCUT2D eigenvalue weighted by atomic mass is 16.6. The molecule has 0 aliphatic heterocycles. The molecule has 374 valence electrons. The molecule has 1 atom stereocenters. The molecule has 0 radical (unpaired) electrons. The van der Waals surface area contributed by atoms with Crippen molar-refractivity contribution in [1.29, 1.82) is 0 Å². The molecule has 1 unspecified atom stereocenters. The van der Waals surface area contributed by atoms with Gasteiger partial charge in [-0.3, -0.25) is 9.59 Å². The predicted molar refractivity (Wildman–Crippen MR) is 296 cm³/mol. The number of hydrogen-bond donors (Lipinski definition) is 1. The van der Waals surface area contributed by atoms with E-state index in [9.17, 15) is 14.7 Å². The summed E-state index contributed by atoms with van der Waals surface area (Å²) in [6.07, 6.45) is 91.0. The van der Waals surface area contributed by atoms with Crippen LogP contribution in [0.1, 0.15) is 168 Å². The first kappa shape index (κ1) is 62.7. The first-order chi connectivity index (χ1) is 33.6. The fourth-order valence-electron chi connectivity index (χ4n) is 6.08. The first-order valence-corrected chi connectivity index (χ1v) is 26.0. The lowest BCUT2D eigenvalue weighted by atomic mass is 10.1. The van der Waals surface area contributed by atoms with E-state index in [4.69, 9.17) is 9.47 Å². The Labute approximate surface area is 416 Å². The van der Waals surface area contributed by atoms with Gasteiger partial charge < -0.3 is 14.6 Å². The standard InChI is InChI=1S/C63H92O5/c1-3-5-7-9-11-13-15-17-19-21-23-24-25-26-27-28-29-30-31-32-33-34-35-36-37-38-40-42-44-46-48-50-52-54-56-58-63(66)68-61(59-64)60-67-62(65)57-55-53-51-49-47-45-43-41-39-22-20-18-16-14-12-10-8-6-4-2/h5-8,11-14,17-20,23-24,26-27,29-30,32-33,35-36,38-41,44-47,51,53,61,64H,3-4,9-10,15-16,21-22,25,28,31,34,37,42-43,48-50,52,54-60H2,1-2H3/b7-5-,8-6-,13-11-,14-12-,19-17-,20-18-,24-23-,27-26-,30-29-,33-32-,36-35-,40-38-,41-39-,46-44-,47-45-,53-51-. The largest absolute Gasteiger partial charge is 0.462 e. The summed E-state index contributed by atoms with van der Waals surface area (Å²) in [7, 11) is 0. The van der Waals surface area contributed by atoms with Gasteiger partial charge >= 0.3 is 11.9 Å². The van der Waals surface area contributed by atoms with E-state index in [1.165, 1.54) is 0 Å². The van der Waals surface area contributed by atoms with Gasteiger partial charge in [0.05, 0.1) is 6.61 Å². The summed E-state index contributed by atoms with van der Waals surface area (Å²) in [5, 5.41) is 9.61. The summed E-state index contributed by atoms with van der Waals surface area (Å²) in [6, 6.07) is 0. The second kappa shape index (κ2) is 56.1. The van der Waals surface area contributed by atoms with E-state index in [1.807, 2.05) is 12.2 Å². The molecule has 0 spiro atoms. The lowest BCUT2D eigenvalue weighted by molar-refractivity contribution is -0.161. The Morgan fingerprint density at radius 2 is 0.618 bits per heavy atom. The minimum atomic E-state index is -0.834. The van der Waals surface area contributed by atoms with Crippen LogP contribution in [0, 0.1) is 0 Å². The summed E-state index contributed by atoms with van der Waals surface area (Å²) in [6.45, 7) is 3.80. The third-order valence-electron chi connectivity index (χ3n) is 9.90. The van der Waals surface area contributed by atoms with Gasteiger partial charge in [-0.15, -0.1) is 0 Å². The van der Waals surface area contributed by atoms with Crippen LogP contribution in [0.15, 0.2) is 194 Å². The highest BCUT2D eigenvalue weighted by molar-refractivity contribution is 5.70. The van der Waals surface area contributed by atoms with E-state index in [0.29, 0.717) is 12.8 Å². The quantitative estimate of drug-likeness (QED) is 0.0374. The molecule has 0 fully saturated rings. The normalized spacial score (nSPS) is 13.9. The van der Waals surface area contributed by atoms with Crippen molar-refractivity contribution in [3.05, 3.63) is 194 Å². The van der Waals surface area contributed by atoms with Crippen molar-refractivity contribution >= 4 is 11.9 Å². The number of allylic oxidation sites excluding steroid dienone is 32. The average molecular weight is 929 g/mol. The zero-order chi connectivity index (χ0) is 49.2. The Bertz CT molecular complexity index is 1660. The summed E-state index contributed by atoms with van der Waals surface area (Å²) in [4.78, 5) is 24.4. The van der Waals surface area contributed by atoms with Crippen molar-refractivity contribution in [3.63, 3.8) is 0 Å². The van der Waals surface area contributed by atoms with Crippen LogP contribution in [0.2, 0.25) is 0 Å². The van der Waals surface area contributed by atoms with E-state index < -0.39 is 6.10 Å². The lowest BCUT2D eigenvalue weighted by Gasteiger charge is -2.15. The number of carbonyl (C=O) groups is 2. The number of carbonyl (C=O) groups excluding carboxylic acids is 2. The Hall–Kier alpha value is -5.26. The summed E-state index contributed by atoms with van der Waals surface area (Å²) < 4.78 is 10.6. The molecule has 0 rings (SSSR count). The first-order valence-electron chi connectivity index (χ1n) is 26.0. The van der Waals surface area contributed by atoms with Crippen molar-refractivity contribution < 1.29 is 24.2 Å². The maximum atomic E-state index is 12.3. The van der Waals surface area contributed by atoms with Crippen LogP contribution in [0.5, 0.6) is 0 Å². The van der Waals surface area contributed by atoms with Crippen molar-refractivity contribution in [2.75, 3.05) is 13.2 Å². The Kier molecular flexibility index (Phi) is 51.7. The number of esters is 2. The highest BCUT2D eigenvalue weighted by Gasteiger charge is 2.15. The Morgan fingerprint density at radius 1 is 0.338 bits per heavy atom. The molecule has 0 heterocycles. The van der Waals surface area contributed by atoms with E-state index in [0.717, 1.165) is 135 Å². The third kappa shape index (κ3) is 53.4. The SMILES string of the molecule is CC/C=C\C/C=C\C/C=C\C/C=C\C/C=C\C/C=C\C/C=C\C/C=C\C/C=C\C/C=C\CCCCCCC(=O)OC(CO)COC(=O)CC/C=C\C/C=C\C/C=C\C/C=C\C/C=C\C/C=C\CC. The van der Waals surface area contributed by atoms with Gasteiger partial charge in [0.2, 0.25) is 0 Å². The van der Waals surface area contributed by atoms with Gasteiger partial charge in [0.1, 0.15) is 6.61 Å². The fourth-order valence-corrected chi connectivity index (χ4v) is 6.08. The van der Waals surface area contributed by atoms with Crippen LogP contribution in [-0.4, -0.2) is 36.4 Å². The summed E-state index contributed by atoms with van der Waals surface area (Å²) in [5.74, 6) is -0.739. The van der Waals surface area contributed by atoms with Gasteiger partial charge in [0.15, 0.2) is 6.10 Å². The molecule has 0 amide bonds. The molecule has 0 aliphatic carbocycles. The number of hydrogen-bond acceptors (Lipinski definition) is 5. The zero-order valence-electron chi connectivity index (χ0n) is 42.5. The van der Waals surface area contributed by atoms with Crippen molar-refractivity contribution in [3.8, 4) is 0 Å². The fraction of sp³-hybridized carbons (Fsp3) is 0.460. The molecule has 5 heteroatoms. The lowest BCUT2D eigenvalue weighted by Crippen LogP contribution is -2.28. The number of unbranched alkanes of at least 4 members (excludes halogenated alkanes) is 4. The molecule has 0 saturated heterocycles. The number of rotatable bonds is 44. The summed E-state index contributed by atoms with van der Waals surface area (Å²) in [5.41, 5.74) is 0. The molecule has 0 aromatic heterocycles. The van der Waals surface area contributed by atoms with Gasteiger partial charge in [0, 0.05) is 12.8 Å². The smallest absolute Gasteiger partial charge is 0.306 e. The molecule has 1 N–H and O–H groups in total. The summed E-state index contributed by atoms with van der Waals surface area (Å²) >= 11 is 0. The van der Waals surface area contributed by atoms with Crippen LogP contribution in [0.4, 0.5) is 0 Å². The Balaban J connectivity index is 3.77. The number of ether oxygens (including phenoxy) is 2. The van der Waals surface area contributed by atoms with Crippen LogP contribution >= 0.6 is 0 Å². The molecule has 0 aliphatic rings. The van der Waals surface area contributed by atoms with Gasteiger partial charge in [-0.1, -0.05) is 221 Å². The molecule has 0 bridgehead atoms. The molecular formula is C63H92O5. The third-order valence-corrected chi connectivity index (χ3v) is 9.90. The molecule has 0 saturated carbocycles. The second-order valence-corrected chi connectivity index (χ2v) is 16.1. The van der Waals surface area contributed by atoms with Gasteiger partial charge in [-0.05, 0) is 128 Å². The molecule has 0 aromatic carbocycles. The topological polar surface area (TPSA) is 72.8 Å². The van der Waals surface area contributed by atoms with E-state index in [2.05, 4.69) is 196 Å². The van der Waals surface area contributed by atoms with Crippen molar-refractivity contribution in [2.45, 2.75) is 174 Å². The molecule has 0 aromatic rings. The molecular weight excluding hydrogens is 837 g/mol.